The van der Waals surface area contributed by atoms with Gasteiger partial charge in [-0.25, -0.2) is 0 Å². The maximum atomic E-state index is 12.4. The van der Waals surface area contributed by atoms with Gasteiger partial charge in [0.25, 0.3) is 5.91 Å². The third-order valence-electron chi connectivity index (χ3n) is 4.33. The van der Waals surface area contributed by atoms with Crippen LogP contribution in [0.2, 0.25) is 0 Å². The van der Waals surface area contributed by atoms with Gasteiger partial charge in [0.1, 0.15) is 0 Å². The van der Waals surface area contributed by atoms with Gasteiger partial charge in [-0.3, -0.25) is 19.7 Å². The van der Waals surface area contributed by atoms with Gasteiger partial charge in [0.15, 0.2) is 0 Å². The lowest BCUT2D eigenvalue weighted by Crippen LogP contribution is -2.41. The molecule has 1 fully saturated rings. The quantitative estimate of drug-likeness (QED) is 0.669. The van der Waals surface area contributed by atoms with Crippen molar-refractivity contribution in [3.8, 4) is 0 Å². The lowest BCUT2D eigenvalue weighted by molar-refractivity contribution is -0.386. The summed E-state index contributed by atoms with van der Waals surface area (Å²) in [6, 6.07) is 1.05. The molecule has 1 aromatic heterocycles. The van der Waals surface area contributed by atoms with Gasteiger partial charge in [0.2, 0.25) is 0 Å². The zero-order valence-corrected chi connectivity index (χ0v) is 13.1. The molecule has 0 radical (unpaired) electrons. The van der Waals surface area contributed by atoms with Gasteiger partial charge in [-0.15, -0.1) is 0 Å². The van der Waals surface area contributed by atoms with Crippen molar-refractivity contribution in [3.63, 3.8) is 0 Å². The summed E-state index contributed by atoms with van der Waals surface area (Å²) in [5, 5.41) is 10.8. The van der Waals surface area contributed by atoms with E-state index in [1.807, 2.05) is 0 Å². The summed E-state index contributed by atoms with van der Waals surface area (Å²) in [6.07, 6.45) is 3.08. The first-order valence-electron chi connectivity index (χ1n) is 7.36. The van der Waals surface area contributed by atoms with E-state index in [-0.39, 0.29) is 16.9 Å². The Morgan fingerprint density at radius 1 is 1.36 bits per heavy atom. The molecule has 0 spiro atoms. The van der Waals surface area contributed by atoms with Crippen molar-refractivity contribution in [2.75, 3.05) is 13.1 Å². The number of rotatable bonds is 2. The second kappa shape index (κ2) is 5.90. The van der Waals surface area contributed by atoms with Crippen molar-refractivity contribution in [3.05, 3.63) is 38.3 Å². The molecule has 0 unspecified atom stereocenters. The Labute approximate surface area is 128 Å². The van der Waals surface area contributed by atoms with E-state index < -0.39 is 16.2 Å². The SMILES string of the molecule is CC(C)(C)C1CCN(C(=O)c2c[nH]c(=O)c([N+](=O)[O-])c2)CC1. The van der Waals surface area contributed by atoms with E-state index in [2.05, 4.69) is 25.8 Å². The van der Waals surface area contributed by atoms with Gasteiger partial charge < -0.3 is 9.88 Å². The van der Waals surface area contributed by atoms with Gasteiger partial charge in [-0.2, -0.15) is 0 Å². The highest BCUT2D eigenvalue weighted by Crippen LogP contribution is 2.34. The number of carbonyl (C=O) groups is 1. The summed E-state index contributed by atoms with van der Waals surface area (Å²) in [6.45, 7) is 7.85. The zero-order valence-electron chi connectivity index (χ0n) is 13.1. The summed E-state index contributed by atoms with van der Waals surface area (Å²) in [7, 11) is 0. The highest BCUT2D eigenvalue weighted by Gasteiger charge is 2.31. The van der Waals surface area contributed by atoms with Crippen LogP contribution in [0.15, 0.2) is 17.1 Å². The largest absolute Gasteiger partial charge is 0.339 e. The van der Waals surface area contributed by atoms with Crippen LogP contribution in [0.4, 0.5) is 5.69 Å². The number of nitro groups is 1. The van der Waals surface area contributed by atoms with Gasteiger partial charge in [-0.1, -0.05) is 20.8 Å². The number of amides is 1. The van der Waals surface area contributed by atoms with Crippen LogP contribution in [-0.2, 0) is 0 Å². The maximum absolute atomic E-state index is 12.4. The average Bonchev–Trinajstić information content (AvgIpc) is 2.46. The molecule has 2 rings (SSSR count). The van der Waals surface area contributed by atoms with Crippen molar-refractivity contribution in [2.24, 2.45) is 11.3 Å². The van der Waals surface area contributed by atoms with E-state index in [1.165, 1.54) is 6.20 Å². The van der Waals surface area contributed by atoms with Crippen LogP contribution in [0.25, 0.3) is 0 Å². The van der Waals surface area contributed by atoms with Crippen molar-refractivity contribution in [1.29, 1.82) is 0 Å². The fourth-order valence-corrected chi connectivity index (χ4v) is 2.86. The smallest absolute Gasteiger partial charge is 0.334 e. The summed E-state index contributed by atoms with van der Waals surface area (Å²) in [4.78, 5) is 37.7. The lowest BCUT2D eigenvalue weighted by Gasteiger charge is -2.38. The lowest BCUT2D eigenvalue weighted by atomic mass is 9.75. The second-order valence-electron chi connectivity index (χ2n) is 6.79. The number of aromatic nitrogens is 1. The van der Waals surface area contributed by atoms with Crippen LogP contribution in [0.3, 0.4) is 0 Å². The third-order valence-corrected chi connectivity index (χ3v) is 4.33. The molecule has 0 aromatic carbocycles. The standard InChI is InChI=1S/C15H21N3O4/c1-15(2,3)11-4-6-17(7-5-11)14(20)10-8-12(18(21)22)13(19)16-9-10/h8-9,11H,4-7H2,1-3H3,(H,16,19). The Balaban J connectivity index is 2.12. The second-order valence-corrected chi connectivity index (χ2v) is 6.79. The van der Waals surface area contributed by atoms with E-state index >= 15 is 0 Å². The third kappa shape index (κ3) is 3.35. The molecular formula is C15H21N3O4. The number of nitrogens with zero attached hydrogens (tertiary/aromatic N) is 2. The van der Waals surface area contributed by atoms with Crippen LogP contribution in [0.5, 0.6) is 0 Å². The first-order chi connectivity index (χ1) is 10.2. The molecule has 2 heterocycles. The molecule has 0 bridgehead atoms. The molecule has 7 nitrogen and oxygen atoms in total. The number of likely N-dealkylation sites (tertiary alicyclic amines) is 1. The minimum absolute atomic E-state index is 0.153. The molecule has 1 aliphatic heterocycles. The summed E-state index contributed by atoms with van der Waals surface area (Å²) < 4.78 is 0. The predicted molar refractivity (Wildman–Crippen MR) is 81.8 cm³/mol. The number of hydrogen-bond acceptors (Lipinski definition) is 4. The van der Waals surface area contributed by atoms with Crippen LogP contribution in [0.1, 0.15) is 44.0 Å². The molecule has 1 saturated heterocycles. The number of nitrogens with one attached hydrogen (secondary N) is 1. The highest BCUT2D eigenvalue weighted by molar-refractivity contribution is 5.94. The molecule has 0 saturated carbocycles. The molecule has 0 aliphatic carbocycles. The first kappa shape index (κ1) is 16.2. The Kier molecular flexibility index (Phi) is 4.35. The van der Waals surface area contributed by atoms with E-state index in [0.29, 0.717) is 19.0 Å². The molecule has 1 amide bonds. The molecule has 1 aromatic rings. The van der Waals surface area contributed by atoms with Crippen LogP contribution < -0.4 is 5.56 Å². The molecule has 22 heavy (non-hydrogen) atoms. The molecule has 0 atom stereocenters. The monoisotopic (exact) mass is 307 g/mol. The first-order valence-corrected chi connectivity index (χ1v) is 7.36. The van der Waals surface area contributed by atoms with E-state index in [1.54, 1.807) is 4.90 Å². The number of carbonyl (C=O) groups excluding carboxylic acids is 1. The number of piperidine rings is 1. The van der Waals surface area contributed by atoms with Crippen molar-refractivity contribution < 1.29 is 9.72 Å². The minimum Gasteiger partial charge on any atom is -0.339 e. The predicted octanol–water partition coefficient (Wildman–Crippen LogP) is 2.18. The maximum Gasteiger partial charge on any atom is 0.334 e. The number of H-pyrrole nitrogens is 1. The van der Waals surface area contributed by atoms with Crippen molar-refractivity contribution in [2.45, 2.75) is 33.6 Å². The Morgan fingerprint density at radius 2 is 1.95 bits per heavy atom. The van der Waals surface area contributed by atoms with E-state index in [4.69, 9.17) is 0 Å². The van der Waals surface area contributed by atoms with E-state index in [0.717, 1.165) is 18.9 Å². The Bertz CT molecular complexity index is 637. The van der Waals surface area contributed by atoms with Gasteiger partial charge in [0.05, 0.1) is 10.5 Å². The summed E-state index contributed by atoms with van der Waals surface area (Å²) in [5.74, 6) is 0.285. The van der Waals surface area contributed by atoms with Crippen LogP contribution >= 0.6 is 0 Å². The highest BCUT2D eigenvalue weighted by atomic mass is 16.6. The molecule has 1 N–H and O–H groups in total. The fourth-order valence-electron chi connectivity index (χ4n) is 2.86. The van der Waals surface area contributed by atoms with Gasteiger partial charge >= 0.3 is 11.2 Å². The minimum atomic E-state index is -0.798. The van der Waals surface area contributed by atoms with Crippen LogP contribution in [0, 0.1) is 21.4 Å². The average molecular weight is 307 g/mol. The Morgan fingerprint density at radius 3 is 2.45 bits per heavy atom. The molecular weight excluding hydrogens is 286 g/mol. The van der Waals surface area contributed by atoms with Crippen LogP contribution in [-0.4, -0.2) is 33.8 Å². The number of hydrogen-bond donors (Lipinski definition) is 1. The number of pyridine rings is 1. The molecule has 120 valence electrons. The fraction of sp³-hybridized carbons (Fsp3) is 0.600. The number of aromatic amines is 1. The normalized spacial score (nSPS) is 16.6. The van der Waals surface area contributed by atoms with Gasteiger partial charge in [-0.05, 0) is 24.2 Å². The molecule has 7 heteroatoms. The topological polar surface area (TPSA) is 96.3 Å². The molecule has 1 aliphatic rings. The van der Waals surface area contributed by atoms with Gasteiger partial charge in [0, 0.05) is 25.4 Å². The van der Waals surface area contributed by atoms with Crippen molar-refractivity contribution in [1.82, 2.24) is 9.88 Å². The zero-order chi connectivity index (χ0) is 16.5. The summed E-state index contributed by atoms with van der Waals surface area (Å²) in [5.41, 5.74) is -1.03. The van der Waals surface area contributed by atoms with Crippen molar-refractivity contribution >= 4 is 11.6 Å². The summed E-state index contributed by atoms with van der Waals surface area (Å²) >= 11 is 0. The Hall–Kier alpha value is -2.18. The van der Waals surface area contributed by atoms with E-state index in [9.17, 15) is 19.7 Å².